The third kappa shape index (κ3) is 4.42. The molecular formula is C17H27FN2O. The third-order valence-corrected chi connectivity index (χ3v) is 4.38. The average Bonchev–Trinajstić information content (AvgIpc) is 2.53. The SMILES string of the molecule is COCCNCc1c(F)cccc1N(C)C1CCCCC1. The van der Waals surface area contributed by atoms with Gasteiger partial charge in [0.2, 0.25) is 0 Å². The fourth-order valence-electron chi connectivity index (χ4n) is 3.11. The lowest BCUT2D eigenvalue weighted by Gasteiger charge is -2.34. The first-order valence-electron chi connectivity index (χ1n) is 7.94. The van der Waals surface area contributed by atoms with Gasteiger partial charge >= 0.3 is 0 Å². The van der Waals surface area contributed by atoms with Crippen molar-refractivity contribution in [3.05, 3.63) is 29.6 Å². The Morgan fingerprint density at radius 2 is 2.05 bits per heavy atom. The van der Waals surface area contributed by atoms with Crippen LogP contribution in [0.25, 0.3) is 0 Å². The average molecular weight is 294 g/mol. The van der Waals surface area contributed by atoms with Gasteiger partial charge in [0.25, 0.3) is 0 Å². The molecule has 3 nitrogen and oxygen atoms in total. The van der Waals surface area contributed by atoms with E-state index in [2.05, 4.69) is 17.3 Å². The molecular weight excluding hydrogens is 267 g/mol. The highest BCUT2D eigenvalue weighted by molar-refractivity contribution is 5.54. The highest BCUT2D eigenvalue weighted by Gasteiger charge is 2.21. The third-order valence-electron chi connectivity index (χ3n) is 4.38. The molecule has 0 saturated heterocycles. The first-order chi connectivity index (χ1) is 10.2. The normalized spacial score (nSPS) is 16.1. The van der Waals surface area contributed by atoms with Gasteiger partial charge in [-0.05, 0) is 25.0 Å². The molecule has 0 atom stereocenters. The van der Waals surface area contributed by atoms with E-state index in [0.717, 1.165) is 17.8 Å². The van der Waals surface area contributed by atoms with Gasteiger partial charge in [-0.3, -0.25) is 0 Å². The molecule has 0 spiro atoms. The lowest BCUT2D eigenvalue weighted by molar-refractivity contribution is 0.199. The van der Waals surface area contributed by atoms with Crippen LogP contribution in [0.5, 0.6) is 0 Å². The fraction of sp³-hybridized carbons (Fsp3) is 0.647. The molecule has 1 aliphatic carbocycles. The number of rotatable bonds is 7. The number of hydrogen-bond donors (Lipinski definition) is 1. The number of halogens is 1. The van der Waals surface area contributed by atoms with Gasteiger partial charge in [-0.15, -0.1) is 0 Å². The predicted octanol–water partition coefficient (Wildman–Crippen LogP) is 3.33. The van der Waals surface area contributed by atoms with E-state index in [1.807, 2.05) is 12.1 Å². The number of benzene rings is 1. The van der Waals surface area contributed by atoms with Crippen LogP contribution in [0.3, 0.4) is 0 Å². The predicted molar refractivity (Wildman–Crippen MR) is 85.3 cm³/mol. The standard InChI is InChI=1S/C17H27FN2O/c1-20(14-7-4-3-5-8-14)17-10-6-9-16(18)15(17)13-19-11-12-21-2/h6,9-10,14,19H,3-5,7-8,11-13H2,1-2H3. The second-order valence-corrected chi connectivity index (χ2v) is 5.81. The first-order valence-corrected chi connectivity index (χ1v) is 7.94. The Bertz CT molecular complexity index is 433. The van der Waals surface area contributed by atoms with Crippen LogP contribution in [0, 0.1) is 5.82 Å². The molecule has 2 rings (SSSR count). The number of hydrogen-bond acceptors (Lipinski definition) is 3. The van der Waals surface area contributed by atoms with Crippen LogP contribution in [-0.2, 0) is 11.3 Å². The van der Waals surface area contributed by atoms with E-state index in [9.17, 15) is 4.39 Å². The maximum Gasteiger partial charge on any atom is 0.129 e. The molecule has 1 saturated carbocycles. The van der Waals surface area contributed by atoms with Gasteiger partial charge in [-0.25, -0.2) is 4.39 Å². The van der Waals surface area contributed by atoms with Gasteiger partial charge in [0.1, 0.15) is 5.82 Å². The maximum atomic E-state index is 14.2. The van der Waals surface area contributed by atoms with Crippen molar-refractivity contribution < 1.29 is 9.13 Å². The van der Waals surface area contributed by atoms with Gasteiger partial charge in [0, 0.05) is 44.5 Å². The minimum atomic E-state index is -0.125. The zero-order valence-electron chi connectivity index (χ0n) is 13.2. The summed E-state index contributed by atoms with van der Waals surface area (Å²) in [5.74, 6) is -0.125. The van der Waals surface area contributed by atoms with Crippen molar-refractivity contribution in [1.29, 1.82) is 0 Å². The zero-order chi connectivity index (χ0) is 15.1. The van der Waals surface area contributed by atoms with Crippen LogP contribution >= 0.6 is 0 Å². The Kier molecular flexibility index (Phi) is 6.46. The monoisotopic (exact) mass is 294 g/mol. The van der Waals surface area contributed by atoms with Crippen molar-refractivity contribution in [2.75, 3.05) is 32.2 Å². The van der Waals surface area contributed by atoms with E-state index in [0.29, 0.717) is 19.2 Å². The summed E-state index contributed by atoms with van der Waals surface area (Å²) in [7, 11) is 3.77. The summed E-state index contributed by atoms with van der Waals surface area (Å²) >= 11 is 0. The summed E-state index contributed by atoms with van der Waals surface area (Å²) in [6, 6.07) is 5.93. The molecule has 1 fully saturated rings. The van der Waals surface area contributed by atoms with E-state index in [1.165, 1.54) is 32.1 Å². The largest absolute Gasteiger partial charge is 0.383 e. The minimum absolute atomic E-state index is 0.125. The molecule has 1 N–H and O–H groups in total. The Morgan fingerprint density at radius 1 is 1.29 bits per heavy atom. The Hall–Kier alpha value is -1.13. The van der Waals surface area contributed by atoms with Crippen LogP contribution < -0.4 is 10.2 Å². The van der Waals surface area contributed by atoms with Gasteiger partial charge in [-0.1, -0.05) is 25.3 Å². The number of nitrogens with one attached hydrogen (secondary N) is 1. The van der Waals surface area contributed by atoms with E-state index < -0.39 is 0 Å². The molecule has 21 heavy (non-hydrogen) atoms. The van der Waals surface area contributed by atoms with Crippen molar-refractivity contribution in [2.45, 2.75) is 44.7 Å². The molecule has 1 aliphatic rings. The highest BCUT2D eigenvalue weighted by Crippen LogP contribution is 2.29. The summed E-state index contributed by atoms with van der Waals surface area (Å²) in [5.41, 5.74) is 1.79. The summed E-state index contributed by atoms with van der Waals surface area (Å²) in [6.07, 6.45) is 6.32. The van der Waals surface area contributed by atoms with E-state index in [-0.39, 0.29) is 5.82 Å². The lowest BCUT2D eigenvalue weighted by atomic mass is 9.93. The molecule has 0 aromatic heterocycles. The molecule has 0 radical (unpaired) electrons. The summed E-state index contributed by atoms with van der Waals surface area (Å²) in [5, 5.41) is 3.25. The first kappa shape index (κ1) is 16.2. The van der Waals surface area contributed by atoms with E-state index >= 15 is 0 Å². The molecule has 4 heteroatoms. The highest BCUT2D eigenvalue weighted by atomic mass is 19.1. The Morgan fingerprint density at radius 3 is 2.76 bits per heavy atom. The fourth-order valence-corrected chi connectivity index (χ4v) is 3.11. The van der Waals surface area contributed by atoms with Crippen LogP contribution in [0.4, 0.5) is 10.1 Å². The smallest absolute Gasteiger partial charge is 0.129 e. The van der Waals surface area contributed by atoms with Crippen LogP contribution in [0.2, 0.25) is 0 Å². The number of methoxy groups -OCH3 is 1. The quantitative estimate of drug-likeness (QED) is 0.781. The number of nitrogens with zero attached hydrogens (tertiary/aromatic N) is 1. The minimum Gasteiger partial charge on any atom is -0.383 e. The molecule has 118 valence electrons. The molecule has 1 aromatic rings. The van der Waals surface area contributed by atoms with Gasteiger partial charge in [0.05, 0.1) is 6.61 Å². The lowest BCUT2D eigenvalue weighted by Crippen LogP contribution is -2.34. The molecule has 0 aliphatic heterocycles. The van der Waals surface area contributed by atoms with Crippen molar-refractivity contribution in [2.24, 2.45) is 0 Å². The van der Waals surface area contributed by atoms with Crippen LogP contribution in [0.15, 0.2) is 18.2 Å². The summed E-state index contributed by atoms with van der Waals surface area (Å²) < 4.78 is 19.2. The second-order valence-electron chi connectivity index (χ2n) is 5.81. The van der Waals surface area contributed by atoms with Gasteiger partial charge in [0.15, 0.2) is 0 Å². The van der Waals surface area contributed by atoms with Crippen molar-refractivity contribution in [3.63, 3.8) is 0 Å². The molecule has 0 heterocycles. The summed E-state index contributed by atoms with van der Waals surface area (Å²) in [6.45, 7) is 1.92. The van der Waals surface area contributed by atoms with Crippen LogP contribution in [0.1, 0.15) is 37.7 Å². The molecule has 1 aromatic carbocycles. The Labute approximate surface area is 127 Å². The van der Waals surface area contributed by atoms with Crippen molar-refractivity contribution >= 4 is 5.69 Å². The number of anilines is 1. The van der Waals surface area contributed by atoms with Crippen molar-refractivity contribution in [1.82, 2.24) is 5.32 Å². The van der Waals surface area contributed by atoms with E-state index in [1.54, 1.807) is 13.2 Å². The van der Waals surface area contributed by atoms with E-state index in [4.69, 9.17) is 4.74 Å². The topological polar surface area (TPSA) is 24.5 Å². The van der Waals surface area contributed by atoms with Gasteiger partial charge < -0.3 is 15.0 Å². The Balaban J connectivity index is 2.08. The maximum absolute atomic E-state index is 14.2. The summed E-state index contributed by atoms with van der Waals surface area (Å²) in [4.78, 5) is 2.27. The molecule has 0 amide bonds. The second kappa shape index (κ2) is 8.35. The number of ether oxygens (including phenoxy) is 1. The zero-order valence-corrected chi connectivity index (χ0v) is 13.2. The molecule has 0 unspecified atom stereocenters. The van der Waals surface area contributed by atoms with Gasteiger partial charge in [-0.2, -0.15) is 0 Å². The molecule has 0 bridgehead atoms. The van der Waals surface area contributed by atoms with Crippen molar-refractivity contribution in [3.8, 4) is 0 Å². The van der Waals surface area contributed by atoms with Crippen LogP contribution in [-0.4, -0.2) is 33.4 Å².